The number of para-hydroxylation sites is 2. The first-order valence-electron chi connectivity index (χ1n) is 10.5. The van der Waals surface area contributed by atoms with Crippen molar-refractivity contribution in [3.8, 4) is 0 Å². The molecule has 8 nitrogen and oxygen atoms in total. The molecule has 0 radical (unpaired) electrons. The van der Waals surface area contributed by atoms with Crippen molar-refractivity contribution in [2.75, 3.05) is 0 Å². The number of fused-ring (bicyclic) bond motifs is 2. The van der Waals surface area contributed by atoms with Crippen molar-refractivity contribution in [1.29, 1.82) is 0 Å². The minimum atomic E-state index is -0.993. The van der Waals surface area contributed by atoms with Gasteiger partial charge >= 0.3 is 11.9 Å². The van der Waals surface area contributed by atoms with Gasteiger partial charge in [-0.3, -0.25) is 20.2 Å². The highest BCUT2D eigenvalue weighted by Crippen LogP contribution is 2.20. The van der Waals surface area contributed by atoms with Crippen LogP contribution in [0.25, 0.3) is 21.8 Å². The largest absolute Gasteiger partial charge is 0.480 e. The molecular weight excluding hydrogens is 408 g/mol. The Kier molecular flexibility index (Phi) is 6.25. The minimum absolute atomic E-state index is 0.269. The zero-order chi connectivity index (χ0) is 22.7. The zero-order valence-electron chi connectivity index (χ0n) is 17.6. The molecule has 2 unspecified atom stereocenters. The molecule has 0 bridgehead atoms. The second-order valence-corrected chi connectivity index (χ2v) is 7.96. The van der Waals surface area contributed by atoms with Gasteiger partial charge in [-0.15, -0.1) is 0 Å². The first kappa shape index (κ1) is 21.6. The van der Waals surface area contributed by atoms with Crippen molar-refractivity contribution in [3.63, 3.8) is 0 Å². The number of nitrogens with one attached hydrogen (secondary N) is 4. The van der Waals surface area contributed by atoms with Gasteiger partial charge in [0.15, 0.2) is 0 Å². The van der Waals surface area contributed by atoms with E-state index < -0.39 is 30.2 Å². The van der Waals surface area contributed by atoms with E-state index in [1.54, 1.807) is 6.92 Å². The van der Waals surface area contributed by atoms with Gasteiger partial charge in [0, 0.05) is 47.0 Å². The van der Waals surface area contributed by atoms with Gasteiger partial charge in [0.25, 0.3) is 0 Å². The summed E-state index contributed by atoms with van der Waals surface area (Å²) in [5, 5.41) is 27.5. The standard InChI is InChI=1S/C24H26N4O4/c1-14(27-21(23(29)30)10-15-12-25-19-8-4-2-6-17(15)19)28-22(24(31)32)11-16-13-26-20-9-5-3-7-18(16)20/h2-9,12-14,21-22,25-28H,10-11H2,1H3,(H,29,30)(H,31,32). The van der Waals surface area contributed by atoms with Gasteiger partial charge in [0.05, 0.1) is 6.17 Å². The maximum absolute atomic E-state index is 11.9. The summed E-state index contributed by atoms with van der Waals surface area (Å²) in [4.78, 5) is 30.1. The van der Waals surface area contributed by atoms with Crippen molar-refractivity contribution >= 4 is 33.7 Å². The smallest absolute Gasteiger partial charge is 0.321 e. The fourth-order valence-corrected chi connectivity index (χ4v) is 4.13. The highest BCUT2D eigenvalue weighted by Gasteiger charge is 2.25. The molecule has 2 aromatic heterocycles. The molecule has 2 atom stereocenters. The molecular formula is C24H26N4O4. The Bertz CT molecular complexity index is 1150. The number of rotatable bonds is 10. The Morgan fingerprint density at radius 3 is 1.59 bits per heavy atom. The normalized spacial score (nSPS) is 14.4. The summed E-state index contributed by atoms with van der Waals surface area (Å²) in [6.07, 6.45) is 3.64. The highest BCUT2D eigenvalue weighted by atomic mass is 16.4. The van der Waals surface area contributed by atoms with Crippen LogP contribution >= 0.6 is 0 Å². The number of carboxylic acids is 2. The predicted octanol–water partition coefficient (Wildman–Crippen LogP) is 2.87. The molecule has 32 heavy (non-hydrogen) atoms. The number of carbonyl (C=O) groups is 2. The summed E-state index contributed by atoms with van der Waals surface area (Å²) in [6.45, 7) is 1.73. The van der Waals surface area contributed by atoms with Crippen LogP contribution in [0.3, 0.4) is 0 Å². The summed E-state index contributed by atoms with van der Waals surface area (Å²) in [5.41, 5.74) is 3.67. The number of aliphatic carboxylic acids is 2. The van der Waals surface area contributed by atoms with E-state index in [0.717, 1.165) is 32.9 Å². The fraction of sp³-hybridized carbons (Fsp3) is 0.250. The number of aromatic amines is 2. The Labute approximate surface area is 184 Å². The van der Waals surface area contributed by atoms with Gasteiger partial charge in [-0.1, -0.05) is 36.4 Å². The maximum atomic E-state index is 11.9. The van der Waals surface area contributed by atoms with Crippen molar-refractivity contribution in [1.82, 2.24) is 20.6 Å². The monoisotopic (exact) mass is 434 g/mol. The molecule has 0 saturated carbocycles. The summed E-state index contributed by atoms with van der Waals surface area (Å²) in [6, 6.07) is 13.7. The lowest BCUT2D eigenvalue weighted by Gasteiger charge is -2.24. The van der Waals surface area contributed by atoms with Crippen LogP contribution in [0.2, 0.25) is 0 Å². The lowest BCUT2D eigenvalue weighted by molar-refractivity contribution is -0.139. The van der Waals surface area contributed by atoms with E-state index in [0.29, 0.717) is 0 Å². The molecule has 2 heterocycles. The van der Waals surface area contributed by atoms with Crippen LogP contribution in [-0.4, -0.2) is 50.4 Å². The summed E-state index contributed by atoms with van der Waals surface area (Å²) >= 11 is 0. The zero-order valence-corrected chi connectivity index (χ0v) is 17.6. The van der Waals surface area contributed by atoms with E-state index in [2.05, 4.69) is 20.6 Å². The Hall–Kier alpha value is -3.62. The molecule has 4 rings (SSSR count). The van der Waals surface area contributed by atoms with Crippen molar-refractivity contribution < 1.29 is 19.8 Å². The van der Waals surface area contributed by atoms with E-state index >= 15 is 0 Å². The molecule has 6 N–H and O–H groups in total. The number of hydrogen-bond acceptors (Lipinski definition) is 4. The summed E-state index contributed by atoms with van der Waals surface area (Å²) < 4.78 is 0. The Morgan fingerprint density at radius 1 is 0.781 bits per heavy atom. The molecule has 0 saturated heterocycles. The van der Waals surface area contributed by atoms with Crippen molar-refractivity contribution in [2.45, 2.75) is 38.0 Å². The number of carboxylic acid groups (broad SMARTS) is 2. The molecule has 0 fully saturated rings. The molecule has 0 spiro atoms. The van der Waals surface area contributed by atoms with Crippen LogP contribution in [0.15, 0.2) is 60.9 Å². The van der Waals surface area contributed by atoms with E-state index in [1.807, 2.05) is 60.9 Å². The van der Waals surface area contributed by atoms with E-state index in [9.17, 15) is 19.8 Å². The maximum Gasteiger partial charge on any atom is 0.321 e. The first-order valence-corrected chi connectivity index (χ1v) is 10.5. The number of H-pyrrole nitrogens is 2. The molecule has 0 aliphatic rings. The van der Waals surface area contributed by atoms with Crippen molar-refractivity contribution in [3.05, 3.63) is 72.1 Å². The second-order valence-electron chi connectivity index (χ2n) is 7.96. The molecule has 0 amide bonds. The van der Waals surface area contributed by atoms with Gasteiger partial charge in [0.1, 0.15) is 12.1 Å². The van der Waals surface area contributed by atoms with Gasteiger partial charge in [-0.25, -0.2) is 0 Å². The van der Waals surface area contributed by atoms with Crippen LogP contribution in [-0.2, 0) is 22.4 Å². The number of benzene rings is 2. The van der Waals surface area contributed by atoms with Gasteiger partial charge < -0.3 is 20.2 Å². The van der Waals surface area contributed by atoms with Gasteiger partial charge in [0.2, 0.25) is 0 Å². The SMILES string of the molecule is CC(NC(Cc1c[nH]c2ccccc12)C(=O)O)NC(Cc1c[nH]c2ccccc12)C(=O)O. The minimum Gasteiger partial charge on any atom is -0.480 e. The average Bonchev–Trinajstić information content (AvgIpc) is 3.37. The number of hydrogen-bond donors (Lipinski definition) is 6. The third-order valence-corrected chi connectivity index (χ3v) is 5.70. The first-order chi connectivity index (χ1) is 15.4. The molecule has 2 aromatic carbocycles. The third kappa shape index (κ3) is 4.66. The Morgan fingerprint density at radius 2 is 1.19 bits per heavy atom. The number of aromatic nitrogens is 2. The van der Waals surface area contributed by atoms with Crippen LogP contribution in [0, 0.1) is 0 Å². The van der Waals surface area contributed by atoms with E-state index in [4.69, 9.17) is 0 Å². The van der Waals surface area contributed by atoms with Gasteiger partial charge in [-0.05, 0) is 30.2 Å². The lowest BCUT2D eigenvalue weighted by atomic mass is 10.0. The summed E-state index contributed by atoms with van der Waals surface area (Å²) in [5.74, 6) is -1.99. The van der Waals surface area contributed by atoms with Crippen molar-refractivity contribution in [2.24, 2.45) is 0 Å². The molecule has 4 aromatic rings. The van der Waals surface area contributed by atoms with E-state index in [-0.39, 0.29) is 12.8 Å². The van der Waals surface area contributed by atoms with Gasteiger partial charge in [-0.2, -0.15) is 0 Å². The second kappa shape index (κ2) is 9.25. The topological polar surface area (TPSA) is 130 Å². The summed E-state index contributed by atoms with van der Waals surface area (Å²) in [7, 11) is 0. The molecule has 8 heteroatoms. The molecule has 0 aliphatic carbocycles. The lowest BCUT2D eigenvalue weighted by Crippen LogP contribution is -2.54. The highest BCUT2D eigenvalue weighted by molar-refractivity contribution is 5.85. The van der Waals surface area contributed by atoms with Crippen LogP contribution in [0.1, 0.15) is 18.1 Å². The fourth-order valence-electron chi connectivity index (χ4n) is 4.13. The quantitative estimate of drug-likeness (QED) is 0.213. The average molecular weight is 434 g/mol. The van der Waals surface area contributed by atoms with Crippen LogP contribution in [0.5, 0.6) is 0 Å². The van der Waals surface area contributed by atoms with E-state index in [1.165, 1.54) is 0 Å². The molecule has 166 valence electrons. The predicted molar refractivity (Wildman–Crippen MR) is 123 cm³/mol. The van der Waals surface area contributed by atoms with Crippen LogP contribution < -0.4 is 10.6 Å². The van der Waals surface area contributed by atoms with Crippen LogP contribution in [0.4, 0.5) is 0 Å². The third-order valence-electron chi connectivity index (χ3n) is 5.70. The Balaban J connectivity index is 1.44. The molecule has 0 aliphatic heterocycles.